The summed E-state index contributed by atoms with van der Waals surface area (Å²) in [7, 11) is -4.22. The van der Waals surface area contributed by atoms with E-state index in [4.69, 9.17) is 23.7 Å². The summed E-state index contributed by atoms with van der Waals surface area (Å²) in [4.78, 5) is 0. The van der Waals surface area contributed by atoms with Crippen LogP contribution < -0.4 is 14.0 Å². The number of benzene rings is 2. The van der Waals surface area contributed by atoms with E-state index in [9.17, 15) is 13.0 Å². The van der Waals surface area contributed by atoms with E-state index in [0.717, 1.165) is 22.2 Å². The Morgan fingerprint density at radius 1 is 0.744 bits per heavy atom. The van der Waals surface area contributed by atoms with Crippen LogP contribution in [0.5, 0.6) is 11.5 Å². The van der Waals surface area contributed by atoms with Gasteiger partial charge in [0.15, 0.2) is 11.5 Å². The van der Waals surface area contributed by atoms with Crippen molar-refractivity contribution < 1.29 is 41.2 Å². The molecule has 0 saturated heterocycles. The molecule has 0 radical (unpaired) electrons. The average molecular weight is 558 g/mol. The van der Waals surface area contributed by atoms with E-state index in [1.54, 1.807) is 0 Å². The smallest absolute Gasteiger partial charge is 0.212 e. The van der Waals surface area contributed by atoms with Crippen LogP contribution in [0.1, 0.15) is 24.1 Å². The van der Waals surface area contributed by atoms with E-state index < -0.39 is 10.1 Å². The van der Waals surface area contributed by atoms with Crippen LogP contribution in [0.4, 0.5) is 0 Å². The van der Waals surface area contributed by atoms with Gasteiger partial charge >= 0.3 is 0 Å². The molecule has 10 heteroatoms. The van der Waals surface area contributed by atoms with Crippen LogP contribution in [0, 0.1) is 0 Å². The van der Waals surface area contributed by atoms with Gasteiger partial charge in [0, 0.05) is 35.8 Å². The van der Waals surface area contributed by atoms with Gasteiger partial charge in [0.05, 0.1) is 49.8 Å². The summed E-state index contributed by atoms with van der Waals surface area (Å²) < 4.78 is 63.7. The fourth-order valence-electron chi connectivity index (χ4n) is 4.23. The van der Waals surface area contributed by atoms with Crippen molar-refractivity contribution in [2.45, 2.75) is 19.4 Å². The lowest BCUT2D eigenvalue weighted by molar-refractivity contribution is -0.673. The number of nitrogens with zero attached hydrogens (tertiary/aromatic N) is 1. The number of unbranched alkanes of at least 4 members (excludes halogenated alkanes) is 1. The second kappa shape index (κ2) is 14.9. The molecule has 0 saturated carbocycles. The topological polar surface area (TPSA) is 107 Å². The number of aryl methyl sites for hydroxylation is 1. The minimum Gasteiger partial charge on any atom is -0.748 e. The van der Waals surface area contributed by atoms with Gasteiger partial charge in [-0.3, -0.25) is 0 Å². The van der Waals surface area contributed by atoms with Crippen molar-refractivity contribution in [1.29, 1.82) is 0 Å². The Kier molecular flexibility index (Phi) is 11.1. The van der Waals surface area contributed by atoms with Crippen LogP contribution in [-0.4, -0.2) is 71.6 Å². The van der Waals surface area contributed by atoms with Crippen LogP contribution in [0.25, 0.3) is 23.1 Å². The quantitative estimate of drug-likeness (QED) is 0.247. The molecule has 3 aromatic rings. The molecule has 2 aromatic carbocycles. The Balaban J connectivity index is 1.52. The molecule has 0 unspecified atom stereocenters. The molecule has 2 heterocycles. The normalized spacial score (nSPS) is 16.1. The van der Waals surface area contributed by atoms with Crippen LogP contribution in [0.3, 0.4) is 0 Å². The second-order valence-electron chi connectivity index (χ2n) is 9.01. The van der Waals surface area contributed by atoms with Crippen molar-refractivity contribution in [2.24, 2.45) is 0 Å². The molecule has 0 spiro atoms. The van der Waals surface area contributed by atoms with Gasteiger partial charge in [-0.2, -0.15) is 4.57 Å². The summed E-state index contributed by atoms with van der Waals surface area (Å²) in [5.74, 6) is 0.902. The number of pyridine rings is 1. The summed E-state index contributed by atoms with van der Waals surface area (Å²) in [5, 5.41) is 1.08. The Hall–Kier alpha value is -3.02. The first-order chi connectivity index (χ1) is 19.0. The summed E-state index contributed by atoms with van der Waals surface area (Å²) >= 11 is 0. The number of para-hydroxylation sites is 1. The standard InChI is InChI=1S/C29H35NO8S/c31-39(32,33)22-4-3-13-30-26(11-9-25-5-1-2-6-27(25)30)10-7-24-8-12-28-29(23-24)38-21-19-36-17-15-34-14-16-35-18-20-37-28/h1-2,5-12,23H,3-4,13-22H2/b10-7+. The Morgan fingerprint density at radius 3 is 2.13 bits per heavy atom. The van der Waals surface area contributed by atoms with Gasteiger partial charge in [0.1, 0.15) is 19.8 Å². The Morgan fingerprint density at radius 2 is 1.41 bits per heavy atom. The molecule has 0 amide bonds. The van der Waals surface area contributed by atoms with E-state index in [1.807, 2.05) is 60.7 Å². The first-order valence-corrected chi connectivity index (χ1v) is 14.7. The molecule has 0 N–H and O–H groups in total. The molecule has 0 atom stereocenters. The van der Waals surface area contributed by atoms with E-state index in [0.29, 0.717) is 83.7 Å². The molecule has 1 aliphatic rings. The van der Waals surface area contributed by atoms with Gasteiger partial charge in [-0.25, -0.2) is 8.42 Å². The zero-order valence-corrected chi connectivity index (χ0v) is 22.8. The fourth-order valence-corrected chi connectivity index (χ4v) is 4.78. The van der Waals surface area contributed by atoms with Crippen molar-refractivity contribution in [1.82, 2.24) is 0 Å². The third-order valence-electron chi connectivity index (χ3n) is 6.13. The lowest BCUT2D eigenvalue weighted by Crippen LogP contribution is -2.38. The molecule has 0 aliphatic carbocycles. The summed E-state index contributed by atoms with van der Waals surface area (Å²) in [6.07, 6.45) is 4.90. The maximum Gasteiger partial charge on any atom is 0.212 e. The van der Waals surface area contributed by atoms with Crippen molar-refractivity contribution in [3.05, 3.63) is 65.9 Å². The fraction of sp³-hybridized carbons (Fsp3) is 0.414. The van der Waals surface area contributed by atoms with E-state index >= 15 is 0 Å². The third-order valence-corrected chi connectivity index (χ3v) is 6.92. The van der Waals surface area contributed by atoms with Crippen LogP contribution in [0.15, 0.2) is 54.6 Å². The molecular weight excluding hydrogens is 522 g/mol. The largest absolute Gasteiger partial charge is 0.748 e. The minimum absolute atomic E-state index is 0.315. The summed E-state index contributed by atoms with van der Waals surface area (Å²) in [6, 6.07) is 17.9. The van der Waals surface area contributed by atoms with Gasteiger partial charge in [-0.1, -0.05) is 18.2 Å². The van der Waals surface area contributed by atoms with Gasteiger partial charge in [0.2, 0.25) is 11.2 Å². The van der Waals surface area contributed by atoms with Crippen molar-refractivity contribution in [3.63, 3.8) is 0 Å². The highest BCUT2D eigenvalue weighted by atomic mass is 32.2. The number of hydrogen-bond acceptors (Lipinski definition) is 8. The number of ether oxygens (including phenoxy) is 5. The maximum atomic E-state index is 11.0. The molecule has 0 fully saturated rings. The molecule has 1 aliphatic heterocycles. The predicted octanol–water partition coefficient (Wildman–Crippen LogP) is 3.44. The number of aromatic nitrogens is 1. The highest BCUT2D eigenvalue weighted by Gasteiger charge is 2.14. The Labute approximate surface area is 229 Å². The highest BCUT2D eigenvalue weighted by Crippen LogP contribution is 2.29. The van der Waals surface area contributed by atoms with E-state index in [-0.39, 0.29) is 5.75 Å². The molecule has 1 aromatic heterocycles. The first kappa shape index (κ1) is 29.0. The van der Waals surface area contributed by atoms with E-state index in [1.165, 1.54) is 0 Å². The van der Waals surface area contributed by atoms with E-state index in [2.05, 4.69) is 10.6 Å². The van der Waals surface area contributed by atoms with Crippen molar-refractivity contribution >= 4 is 33.2 Å². The van der Waals surface area contributed by atoms with Crippen molar-refractivity contribution in [3.8, 4) is 11.5 Å². The van der Waals surface area contributed by atoms with Crippen LogP contribution >= 0.6 is 0 Å². The molecular formula is C29H35NO8S. The van der Waals surface area contributed by atoms with Crippen LogP contribution in [-0.2, 0) is 30.9 Å². The van der Waals surface area contributed by atoms with Gasteiger partial charge in [-0.15, -0.1) is 0 Å². The zero-order valence-electron chi connectivity index (χ0n) is 22.0. The van der Waals surface area contributed by atoms with Gasteiger partial charge in [-0.05, 0) is 42.3 Å². The molecule has 39 heavy (non-hydrogen) atoms. The number of rotatable bonds is 7. The zero-order chi connectivity index (χ0) is 27.3. The highest BCUT2D eigenvalue weighted by molar-refractivity contribution is 7.85. The third kappa shape index (κ3) is 9.59. The lowest BCUT2D eigenvalue weighted by Gasteiger charge is -2.13. The van der Waals surface area contributed by atoms with Gasteiger partial charge < -0.3 is 28.2 Å². The Bertz CT molecular complexity index is 1340. The molecule has 210 valence electrons. The molecule has 4 rings (SSSR count). The average Bonchev–Trinajstić information content (AvgIpc) is 2.93. The SMILES string of the molecule is O=S(=O)([O-])CCCC[n+]1c(/C=C/c2ccc3c(c2)OCCOCCOCCOCCO3)ccc2ccccc21. The van der Waals surface area contributed by atoms with Crippen molar-refractivity contribution in [2.75, 3.05) is 58.6 Å². The molecule has 0 bridgehead atoms. The maximum absolute atomic E-state index is 11.0. The lowest BCUT2D eigenvalue weighted by atomic mass is 10.1. The van der Waals surface area contributed by atoms with Crippen LogP contribution in [0.2, 0.25) is 0 Å². The summed E-state index contributed by atoms with van der Waals surface area (Å²) in [6.45, 7) is 4.27. The minimum atomic E-state index is -4.22. The first-order valence-electron chi connectivity index (χ1n) is 13.2. The summed E-state index contributed by atoms with van der Waals surface area (Å²) in [5.41, 5.74) is 2.92. The monoisotopic (exact) mass is 557 g/mol. The number of fused-ring (bicyclic) bond motifs is 2. The molecule has 9 nitrogen and oxygen atoms in total. The number of hydrogen-bond donors (Lipinski definition) is 0. The predicted molar refractivity (Wildman–Crippen MR) is 147 cm³/mol. The second-order valence-corrected chi connectivity index (χ2v) is 10.5. The van der Waals surface area contributed by atoms with Gasteiger partial charge in [0.25, 0.3) is 0 Å².